The third kappa shape index (κ3) is 2.99. The van der Waals surface area contributed by atoms with Crippen LogP contribution in [-0.4, -0.2) is 48.2 Å². The van der Waals surface area contributed by atoms with E-state index in [4.69, 9.17) is 4.52 Å². The van der Waals surface area contributed by atoms with Crippen molar-refractivity contribution in [3.8, 4) is 28.8 Å². The van der Waals surface area contributed by atoms with Crippen LogP contribution >= 0.6 is 0 Å². The van der Waals surface area contributed by atoms with Gasteiger partial charge in [-0.25, -0.2) is 9.67 Å². The Morgan fingerprint density at radius 3 is 2.86 bits per heavy atom. The minimum Gasteiger partial charge on any atom is -0.332 e. The zero-order valence-corrected chi connectivity index (χ0v) is 15.7. The minimum atomic E-state index is 0.395. The van der Waals surface area contributed by atoms with E-state index in [1.54, 1.807) is 6.20 Å². The predicted molar refractivity (Wildman–Crippen MR) is 102 cm³/mol. The molecule has 9 heteroatoms. The van der Waals surface area contributed by atoms with Crippen molar-refractivity contribution in [1.29, 1.82) is 0 Å². The van der Waals surface area contributed by atoms with Crippen molar-refractivity contribution >= 4 is 0 Å². The number of nitrogens with one attached hydrogen (secondary N) is 2. The highest BCUT2D eigenvalue weighted by atomic mass is 16.5. The highest BCUT2D eigenvalue weighted by Crippen LogP contribution is 2.26. The molecule has 4 aromatic rings. The lowest BCUT2D eigenvalue weighted by atomic mass is 10.1. The van der Waals surface area contributed by atoms with E-state index < -0.39 is 0 Å². The van der Waals surface area contributed by atoms with E-state index in [0.717, 1.165) is 48.0 Å². The van der Waals surface area contributed by atoms with Crippen molar-refractivity contribution in [2.75, 3.05) is 13.1 Å². The van der Waals surface area contributed by atoms with Gasteiger partial charge in [-0.1, -0.05) is 5.16 Å². The van der Waals surface area contributed by atoms with Crippen LogP contribution in [0.5, 0.6) is 0 Å². The summed E-state index contributed by atoms with van der Waals surface area (Å²) < 4.78 is 7.22. The summed E-state index contributed by atoms with van der Waals surface area (Å²) in [7, 11) is 0. The molecule has 1 aliphatic heterocycles. The second-order valence-corrected chi connectivity index (χ2v) is 7.07. The maximum absolute atomic E-state index is 5.41. The molecule has 1 fully saturated rings. The quantitative estimate of drug-likeness (QED) is 0.563. The summed E-state index contributed by atoms with van der Waals surface area (Å²) in [5.74, 6) is 2.08. The van der Waals surface area contributed by atoms with Gasteiger partial charge in [0, 0.05) is 35.6 Å². The van der Waals surface area contributed by atoms with Gasteiger partial charge < -0.3 is 9.84 Å². The van der Waals surface area contributed by atoms with Gasteiger partial charge in [0.25, 0.3) is 5.89 Å². The third-order valence-corrected chi connectivity index (χ3v) is 4.98. The smallest absolute Gasteiger partial charge is 0.278 e. The Balaban J connectivity index is 1.38. The number of pyridine rings is 1. The molecular formula is C19H20N8O. The molecule has 1 atom stereocenters. The van der Waals surface area contributed by atoms with Crippen LogP contribution in [0, 0.1) is 13.8 Å². The molecule has 0 amide bonds. The van der Waals surface area contributed by atoms with E-state index >= 15 is 0 Å². The van der Waals surface area contributed by atoms with Gasteiger partial charge in [0.05, 0.1) is 5.69 Å². The summed E-state index contributed by atoms with van der Waals surface area (Å²) in [6.07, 6.45) is 2.82. The van der Waals surface area contributed by atoms with Crippen molar-refractivity contribution in [2.45, 2.75) is 26.2 Å². The van der Waals surface area contributed by atoms with Crippen molar-refractivity contribution in [3.63, 3.8) is 0 Å². The molecule has 5 rings (SSSR count). The first-order chi connectivity index (χ1) is 13.7. The first-order valence-electron chi connectivity index (χ1n) is 9.27. The van der Waals surface area contributed by atoms with Crippen molar-refractivity contribution in [3.05, 3.63) is 47.5 Å². The molecule has 142 valence electrons. The van der Waals surface area contributed by atoms with Crippen LogP contribution in [0.25, 0.3) is 28.8 Å². The average Bonchev–Trinajstić information content (AvgIpc) is 3.48. The fourth-order valence-corrected chi connectivity index (χ4v) is 3.52. The molecule has 2 N–H and O–H groups in total. The standard InChI is InChI=1S/C19H20N8O/c1-11-7-12(2)27(25-11)17-4-3-14(10-21-17)18-22-19(28-26-18)16-8-15(23-24-16)13-5-6-20-9-13/h3-4,7-8,10,13,20H,5-6,9H2,1-2H3,(H,23,24). The number of aromatic nitrogens is 7. The number of hydrogen-bond donors (Lipinski definition) is 2. The minimum absolute atomic E-state index is 0.395. The lowest BCUT2D eigenvalue weighted by Gasteiger charge is -2.03. The van der Waals surface area contributed by atoms with Gasteiger partial charge in [0.15, 0.2) is 11.5 Å². The molecule has 0 radical (unpaired) electrons. The largest absolute Gasteiger partial charge is 0.332 e. The normalized spacial score (nSPS) is 16.7. The van der Waals surface area contributed by atoms with Crippen molar-refractivity contribution in [2.24, 2.45) is 0 Å². The topological polar surface area (TPSA) is 110 Å². The van der Waals surface area contributed by atoms with E-state index in [-0.39, 0.29) is 0 Å². The van der Waals surface area contributed by atoms with Crippen LogP contribution < -0.4 is 5.32 Å². The average molecular weight is 376 g/mol. The van der Waals surface area contributed by atoms with Crippen LogP contribution in [0.15, 0.2) is 35.0 Å². The van der Waals surface area contributed by atoms with Crippen LogP contribution in [0.2, 0.25) is 0 Å². The Morgan fingerprint density at radius 1 is 1.21 bits per heavy atom. The maximum atomic E-state index is 5.41. The lowest BCUT2D eigenvalue weighted by Crippen LogP contribution is -2.08. The van der Waals surface area contributed by atoms with E-state index in [2.05, 4.69) is 35.7 Å². The Kier molecular flexibility index (Phi) is 4.01. The summed E-state index contributed by atoms with van der Waals surface area (Å²) in [6.45, 7) is 5.96. The fraction of sp³-hybridized carbons (Fsp3) is 0.316. The molecule has 1 aliphatic rings. The van der Waals surface area contributed by atoms with E-state index in [0.29, 0.717) is 23.3 Å². The summed E-state index contributed by atoms with van der Waals surface area (Å²) in [5, 5.41) is 19.3. The SMILES string of the molecule is Cc1cc(C)n(-c2ccc(-c3noc(-c4cc(C5CCNC5)[nH]n4)n3)cn2)n1. The molecule has 0 spiro atoms. The first kappa shape index (κ1) is 16.8. The Bertz CT molecular complexity index is 1100. The number of aromatic amines is 1. The first-order valence-corrected chi connectivity index (χ1v) is 9.27. The Morgan fingerprint density at radius 2 is 2.14 bits per heavy atom. The summed E-state index contributed by atoms with van der Waals surface area (Å²) in [5.41, 5.74) is 4.52. The van der Waals surface area contributed by atoms with Crippen molar-refractivity contribution in [1.82, 2.24) is 40.4 Å². The molecule has 28 heavy (non-hydrogen) atoms. The number of hydrogen-bond acceptors (Lipinski definition) is 7. The van der Waals surface area contributed by atoms with Crippen LogP contribution in [0.1, 0.15) is 29.4 Å². The molecular weight excluding hydrogens is 356 g/mol. The van der Waals surface area contributed by atoms with Gasteiger partial charge in [0.1, 0.15) is 0 Å². The second-order valence-electron chi connectivity index (χ2n) is 7.07. The van der Waals surface area contributed by atoms with Gasteiger partial charge in [0.2, 0.25) is 5.82 Å². The van der Waals surface area contributed by atoms with Gasteiger partial charge in [-0.15, -0.1) is 0 Å². The molecule has 0 bridgehead atoms. The highest BCUT2D eigenvalue weighted by molar-refractivity contribution is 5.57. The van der Waals surface area contributed by atoms with Crippen LogP contribution in [0.3, 0.4) is 0 Å². The highest BCUT2D eigenvalue weighted by Gasteiger charge is 2.21. The number of H-pyrrole nitrogens is 1. The van der Waals surface area contributed by atoms with Gasteiger partial charge >= 0.3 is 0 Å². The second kappa shape index (κ2) is 6.68. The monoisotopic (exact) mass is 376 g/mol. The van der Waals surface area contributed by atoms with E-state index in [1.807, 2.05) is 42.8 Å². The van der Waals surface area contributed by atoms with Gasteiger partial charge in [-0.05, 0) is 51.1 Å². The maximum Gasteiger partial charge on any atom is 0.278 e. The number of rotatable bonds is 4. The number of aryl methyl sites for hydroxylation is 2. The zero-order valence-electron chi connectivity index (χ0n) is 15.7. The van der Waals surface area contributed by atoms with Crippen LogP contribution in [-0.2, 0) is 0 Å². The predicted octanol–water partition coefficient (Wildman–Crippen LogP) is 2.40. The third-order valence-electron chi connectivity index (χ3n) is 4.98. The fourth-order valence-electron chi connectivity index (χ4n) is 3.52. The Hall–Kier alpha value is -3.33. The van der Waals surface area contributed by atoms with Gasteiger partial charge in [-0.3, -0.25) is 5.10 Å². The lowest BCUT2D eigenvalue weighted by molar-refractivity contribution is 0.431. The number of nitrogens with zero attached hydrogens (tertiary/aromatic N) is 6. The molecule has 5 heterocycles. The van der Waals surface area contributed by atoms with Gasteiger partial charge in [-0.2, -0.15) is 15.2 Å². The summed E-state index contributed by atoms with van der Waals surface area (Å²) in [4.78, 5) is 8.96. The molecule has 0 aliphatic carbocycles. The molecule has 0 aromatic carbocycles. The summed E-state index contributed by atoms with van der Waals surface area (Å²) in [6, 6.07) is 7.80. The molecule has 4 aromatic heterocycles. The van der Waals surface area contributed by atoms with Crippen LogP contribution in [0.4, 0.5) is 0 Å². The zero-order chi connectivity index (χ0) is 19.1. The molecule has 0 saturated carbocycles. The molecule has 1 saturated heterocycles. The molecule has 1 unspecified atom stereocenters. The summed E-state index contributed by atoms with van der Waals surface area (Å²) >= 11 is 0. The van der Waals surface area contributed by atoms with E-state index in [1.165, 1.54) is 0 Å². The van der Waals surface area contributed by atoms with E-state index in [9.17, 15) is 0 Å². The Labute approximate surface area is 161 Å². The van der Waals surface area contributed by atoms with Crippen molar-refractivity contribution < 1.29 is 4.52 Å². The molecule has 9 nitrogen and oxygen atoms in total.